The van der Waals surface area contributed by atoms with Crippen molar-refractivity contribution in [2.45, 2.75) is 145 Å². The SMILES string of the molecule is CC[C@H](C)[C@@H]1NC(=O)[C@H](CCCN=C(N)N)NC(=O)[C@H](CCCN=C(N)N)NC(=O)[C@@H](NC(=O)[C@@H]2Cc3ccccc3CN2C(=O)CNC(=O)CNC(=O)[C@@H](N)Cc2ccc(O)cc2)CSSC[C@@H](C(N)=O)NC(=O)[C@@H]2CCCN2C(=O)[C@H](CCCN=C(N)N)NC1=O. The number of carbonyl (C=O) groups excluding carboxylic acids is 11. The summed E-state index contributed by atoms with van der Waals surface area (Å²) in [5.74, 6) is -10.4. The number of amides is 11. The van der Waals surface area contributed by atoms with Crippen molar-refractivity contribution in [3.8, 4) is 5.75 Å². The van der Waals surface area contributed by atoms with Crippen LogP contribution < -0.4 is 88.4 Å². The van der Waals surface area contributed by atoms with Crippen LogP contribution in [0.5, 0.6) is 5.75 Å². The van der Waals surface area contributed by atoms with Crippen LogP contribution in [0.1, 0.15) is 88.3 Å². The summed E-state index contributed by atoms with van der Waals surface area (Å²) in [6, 6.07) is 1.23. The Morgan fingerprint density at radius 3 is 1.83 bits per heavy atom. The minimum atomic E-state index is -1.54. The van der Waals surface area contributed by atoms with Crippen molar-refractivity contribution < 1.29 is 57.8 Å². The third-order valence-electron chi connectivity index (χ3n) is 15.7. The highest BCUT2D eigenvalue weighted by atomic mass is 33.1. The monoisotopic (exact) mass is 1340 g/mol. The molecule has 35 heteroatoms. The van der Waals surface area contributed by atoms with Crippen molar-refractivity contribution in [2.24, 2.45) is 66.8 Å². The molecule has 2 aromatic carbocycles. The molecule has 3 heterocycles. The summed E-state index contributed by atoms with van der Waals surface area (Å²) in [5, 5.41) is 30.9. The number of phenolic OH excluding ortho intramolecular Hbond substituents is 1. The van der Waals surface area contributed by atoms with Gasteiger partial charge < -0.3 is 103 Å². The molecule has 0 saturated carbocycles. The molecule has 33 nitrogen and oxygen atoms in total. The molecule has 11 amide bonds. The topological polar surface area (TPSA) is 556 Å². The lowest BCUT2D eigenvalue weighted by atomic mass is 9.93. The summed E-state index contributed by atoms with van der Waals surface area (Å²) < 4.78 is 0. The molecule has 10 atom stereocenters. The maximum Gasteiger partial charge on any atom is 0.245 e. The summed E-state index contributed by atoms with van der Waals surface area (Å²) in [5.41, 5.74) is 47.5. The number of carbonyl (C=O) groups is 11. The van der Waals surface area contributed by atoms with Gasteiger partial charge in [0, 0.05) is 50.7 Å². The Morgan fingerprint density at radius 2 is 1.24 bits per heavy atom. The summed E-state index contributed by atoms with van der Waals surface area (Å²) in [6.45, 7) is 2.34. The van der Waals surface area contributed by atoms with Crippen LogP contribution in [-0.2, 0) is 72.1 Å². The van der Waals surface area contributed by atoms with Crippen molar-refractivity contribution in [3.05, 3.63) is 65.2 Å². The molecule has 0 radical (unpaired) electrons. The lowest BCUT2D eigenvalue weighted by Crippen LogP contribution is -2.61. The number of nitrogens with zero attached hydrogens (tertiary/aromatic N) is 5. The van der Waals surface area contributed by atoms with Gasteiger partial charge in [0.15, 0.2) is 17.9 Å². The van der Waals surface area contributed by atoms with Crippen molar-refractivity contribution in [1.29, 1.82) is 0 Å². The Labute approximate surface area is 546 Å². The lowest BCUT2D eigenvalue weighted by Gasteiger charge is -2.37. The van der Waals surface area contributed by atoms with Gasteiger partial charge in [0.1, 0.15) is 54.1 Å². The van der Waals surface area contributed by atoms with Crippen LogP contribution in [0.25, 0.3) is 0 Å². The number of fused-ring (bicyclic) bond motifs is 2. The summed E-state index contributed by atoms with van der Waals surface area (Å²) in [6.07, 6.45) is 1.03. The van der Waals surface area contributed by atoms with E-state index in [9.17, 15) is 57.8 Å². The molecule has 510 valence electrons. The number of aromatic hydroxyl groups is 1. The van der Waals surface area contributed by atoms with Gasteiger partial charge in [-0.25, -0.2) is 0 Å². The van der Waals surface area contributed by atoms with Crippen LogP contribution in [0.2, 0.25) is 0 Å². The van der Waals surface area contributed by atoms with E-state index in [4.69, 9.17) is 45.9 Å². The number of primary amides is 1. The zero-order valence-corrected chi connectivity index (χ0v) is 53.8. The maximum absolute atomic E-state index is 14.9. The molecule has 25 N–H and O–H groups in total. The number of hydrogen-bond donors (Lipinski definition) is 17. The second-order valence-electron chi connectivity index (χ2n) is 22.7. The number of phenols is 1. The fourth-order valence-corrected chi connectivity index (χ4v) is 12.7. The van der Waals surface area contributed by atoms with Crippen molar-refractivity contribution in [2.75, 3.05) is 50.8 Å². The normalized spacial score (nSPS) is 22.4. The Bertz CT molecular complexity index is 3060. The van der Waals surface area contributed by atoms with E-state index in [1.54, 1.807) is 50.2 Å². The Balaban J connectivity index is 1.49. The highest BCUT2D eigenvalue weighted by Gasteiger charge is 2.42. The van der Waals surface area contributed by atoms with Crippen LogP contribution in [0.15, 0.2) is 63.5 Å². The second kappa shape index (κ2) is 37.4. The molecule has 0 unspecified atom stereocenters. The van der Waals surface area contributed by atoms with Gasteiger partial charge in [0.05, 0.1) is 19.1 Å². The largest absolute Gasteiger partial charge is 0.508 e. The molecule has 93 heavy (non-hydrogen) atoms. The molecule has 3 aliphatic rings. The van der Waals surface area contributed by atoms with E-state index in [0.29, 0.717) is 29.5 Å². The molecular weight excluding hydrogens is 1250 g/mol. The second-order valence-corrected chi connectivity index (χ2v) is 25.2. The first-order chi connectivity index (χ1) is 44.3. The molecule has 0 aliphatic carbocycles. The van der Waals surface area contributed by atoms with Crippen LogP contribution in [0, 0.1) is 5.92 Å². The number of rotatable bonds is 24. The predicted octanol–water partition coefficient (Wildman–Crippen LogP) is -5.57. The number of aliphatic imine (C=N–C) groups is 3. The lowest BCUT2D eigenvalue weighted by molar-refractivity contribution is -0.143. The quantitative estimate of drug-likeness (QED) is 0.0202. The molecule has 0 spiro atoms. The van der Waals surface area contributed by atoms with Gasteiger partial charge in [-0.05, 0) is 92.5 Å². The third kappa shape index (κ3) is 24.1. The fraction of sp³-hybridized carbons (Fsp3) is 0.552. The average Bonchev–Trinajstić information content (AvgIpc) is 2.28. The number of nitrogens with one attached hydrogen (secondary N) is 8. The molecule has 2 saturated heterocycles. The first kappa shape index (κ1) is 74.6. The van der Waals surface area contributed by atoms with Gasteiger partial charge in [-0.2, -0.15) is 0 Å². The van der Waals surface area contributed by atoms with E-state index in [2.05, 4.69) is 57.5 Å². The Hall–Kier alpha value is -9.12. The smallest absolute Gasteiger partial charge is 0.245 e. The van der Waals surface area contributed by atoms with Gasteiger partial charge in [-0.3, -0.25) is 67.7 Å². The van der Waals surface area contributed by atoms with Crippen molar-refractivity contribution in [1.82, 2.24) is 52.3 Å². The predicted molar refractivity (Wildman–Crippen MR) is 350 cm³/mol. The number of hydrogen-bond acceptors (Lipinski definition) is 18. The Morgan fingerprint density at radius 1 is 0.677 bits per heavy atom. The van der Waals surface area contributed by atoms with E-state index in [1.165, 1.54) is 21.9 Å². The maximum atomic E-state index is 14.9. The number of nitrogens with two attached hydrogens (primary N) is 8. The molecule has 2 fully saturated rings. The zero-order valence-electron chi connectivity index (χ0n) is 52.1. The van der Waals surface area contributed by atoms with Gasteiger partial charge in [-0.15, -0.1) is 0 Å². The minimum absolute atomic E-state index is 0.0103. The van der Waals surface area contributed by atoms with Crippen LogP contribution >= 0.6 is 21.6 Å². The number of guanidine groups is 3. The first-order valence-electron chi connectivity index (χ1n) is 30.5. The van der Waals surface area contributed by atoms with E-state index in [-0.39, 0.29) is 126 Å². The van der Waals surface area contributed by atoms with Gasteiger partial charge in [0.2, 0.25) is 65.0 Å². The highest BCUT2D eigenvalue weighted by Crippen LogP contribution is 2.27. The van der Waals surface area contributed by atoms with Crippen LogP contribution in [0.4, 0.5) is 0 Å². The van der Waals surface area contributed by atoms with Gasteiger partial charge in [-0.1, -0.05) is 78.3 Å². The zero-order chi connectivity index (χ0) is 68.3. The average molecular weight is 1340 g/mol. The highest BCUT2D eigenvalue weighted by molar-refractivity contribution is 8.76. The minimum Gasteiger partial charge on any atom is -0.508 e. The van der Waals surface area contributed by atoms with Gasteiger partial charge in [0.25, 0.3) is 0 Å². The Kier molecular flexibility index (Phi) is 30.0. The molecule has 3 aliphatic heterocycles. The molecular formula is C58H89N21O12S2. The van der Waals surface area contributed by atoms with Crippen LogP contribution in [-0.4, -0.2) is 203 Å². The molecule has 0 bridgehead atoms. The summed E-state index contributed by atoms with van der Waals surface area (Å²) in [4.78, 5) is 170. The first-order valence-corrected chi connectivity index (χ1v) is 33.0. The van der Waals surface area contributed by atoms with E-state index >= 15 is 0 Å². The van der Waals surface area contributed by atoms with Crippen molar-refractivity contribution in [3.63, 3.8) is 0 Å². The summed E-state index contributed by atoms with van der Waals surface area (Å²) >= 11 is 0. The number of benzene rings is 2. The standard InChI is InChI=1S/C58H89N21O12S2/c1-3-31(2)46-54(90)74-39(14-8-22-69-58(65)66)55(91)78-23-9-15-42(78)52(88)75-40(47(60)83)29-92-93-30-41(51(87)73-37(12-6-20-67-56(61)62)49(85)72-38(50(86)77-46)13-7-21-68-57(63)64)76-53(89)43-25-33-10-4-5-11-34(33)28-79(43)45(82)27-70-44(81)26-71-48(84)36(59)24-32-16-18-35(80)19-17-32/h4-5,10-11,16-19,31,36-43,46,80H,3,6-9,12-15,20-30,59H2,1-2H3,(H2,60,83)(H,70,81)(H,71,84)(H,72,85)(H,73,87)(H,74,90)(H,75,88)(H,76,89)(H,77,86)(H4,61,62,67)(H4,63,64,68)(H4,65,66,69)/t31-,36-,37-,38-,39-,40-,41-,42-,43-,46-/m0/s1. The van der Waals surface area contributed by atoms with E-state index in [1.807, 2.05) is 0 Å². The van der Waals surface area contributed by atoms with E-state index in [0.717, 1.165) is 21.6 Å². The molecule has 5 rings (SSSR count). The third-order valence-corrected chi connectivity index (χ3v) is 18.1. The van der Waals surface area contributed by atoms with E-state index < -0.39 is 138 Å². The van der Waals surface area contributed by atoms with Gasteiger partial charge >= 0.3 is 0 Å². The molecule has 0 aromatic heterocycles. The van der Waals surface area contributed by atoms with Crippen LogP contribution in [0.3, 0.4) is 0 Å². The van der Waals surface area contributed by atoms with Crippen molar-refractivity contribution >= 4 is 104 Å². The summed E-state index contributed by atoms with van der Waals surface area (Å²) in [7, 11) is 1.96. The molecule has 2 aromatic rings. The fourth-order valence-electron chi connectivity index (χ4n) is 10.4.